The Morgan fingerprint density at radius 1 is 1.24 bits per heavy atom. The van der Waals surface area contributed by atoms with Crippen LogP contribution in [0.2, 0.25) is 0 Å². The van der Waals surface area contributed by atoms with Crippen LogP contribution in [0.25, 0.3) is 5.65 Å². The first-order valence-electron chi connectivity index (χ1n) is 9.02. The Hall–Kier alpha value is -1.99. The number of aromatic nitrogens is 3. The molecule has 0 unspecified atom stereocenters. The number of carbonyl (C=O) groups is 1. The van der Waals surface area contributed by atoms with Crippen molar-refractivity contribution in [3.05, 3.63) is 29.2 Å². The van der Waals surface area contributed by atoms with E-state index in [1.165, 1.54) is 12.8 Å². The molecule has 2 aliphatic heterocycles. The maximum atomic E-state index is 12.8. The summed E-state index contributed by atoms with van der Waals surface area (Å²) in [7, 11) is 0. The van der Waals surface area contributed by atoms with Crippen LogP contribution in [0.4, 0.5) is 0 Å². The fourth-order valence-electron chi connectivity index (χ4n) is 4.07. The molecule has 2 aromatic rings. The summed E-state index contributed by atoms with van der Waals surface area (Å²) in [6.45, 7) is 7.58. The average Bonchev–Trinajstić information content (AvgIpc) is 3.26. The van der Waals surface area contributed by atoms with Crippen LogP contribution in [-0.2, 0) is 0 Å². The Morgan fingerprint density at radius 3 is 2.76 bits per heavy atom. The summed E-state index contributed by atoms with van der Waals surface area (Å²) in [5.41, 5.74) is 2.14. The number of aryl methyl sites for hydroxylation is 2. The highest BCUT2D eigenvalue weighted by Crippen LogP contribution is 2.25. The van der Waals surface area contributed by atoms with Crippen molar-refractivity contribution in [2.45, 2.75) is 38.7 Å². The van der Waals surface area contributed by atoms with E-state index in [9.17, 15) is 9.90 Å². The van der Waals surface area contributed by atoms with Crippen LogP contribution in [0.5, 0.6) is 0 Å². The highest BCUT2D eigenvalue weighted by Gasteiger charge is 2.40. The number of rotatable bonds is 3. The minimum absolute atomic E-state index is 0.125. The Bertz CT molecular complexity index is 811. The molecular weight excluding hydrogens is 318 g/mol. The lowest BCUT2D eigenvalue weighted by Gasteiger charge is -2.28. The number of amides is 1. The van der Waals surface area contributed by atoms with Crippen LogP contribution >= 0.6 is 0 Å². The van der Waals surface area contributed by atoms with Gasteiger partial charge in [-0.2, -0.15) is 5.10 Å². The summed E-state index contributed by atoms with van der Waals surface area (Å²) in [6, 6.07) is 3.68. The average molecular weight is 343 g/mol. The van der Waals surface area contributed by atoms with E-state index < -0.39 is 5.60 Å². The van der Waals surface area contributed by atoms with E-state index in [2.05, 4.69) is 15.0 Å². The maximum Gasteiger partial charge on any atom is 0.274 e. The van der Waals surface area contributed by atoms with Gasteiger partial charge in [0.2, 0.25) is 0 Å². The molecule has 25 heavy (non-hydrogen) atoms. The lowest BCUT2D eigenvalue weighted by Crippen LogP contribution is -2.45. The van der Waals surface area contributed by atoms with E-state index >= 15 is 0 Å². The smallest absolute Gasteiger partial charge is 0.274 e. The van der Waals surface area contributed by atoms with Crippen molar-refractivity contribution in [3.8, 4) is 0 Å². The number of hydrogen-bond acceptors (Lipinski definition) is 5. The van der Waals surface area contributed by atoms with E-state index in [0.717, 1.165) is 24.5 Å². The molecule has 2 saturated heterocycles. The third-order valence-electron chi connectivity index (χ3n) is 5.29. The summed E-state index contributed by atoms with van der Waals surface area (Å²) in [6.07, 6.45) is 3.02. The molecule has 4 heterocycles. The third kappa shape index (κ3) is 3.14. The number of β-amino-alcohol motifs (C(OH)–C–C–N with tert-alkyl or cyclic N) is 1. The molecular formula is C18H25N5O2. The Kier molecular flexibility index (Phi) is 4.00. The summed E-state index contributed by atoms with van der Waals surface area (Å²) < 4.78 is 1.70. The fraction of sp³-hybridized carbons (Fsp3) is 0.611. The van der Waals surface area contributed by atoms with Crippen LogP contribution in [0.3, 0.4) is 0 Å². The quantitative estimate of drug-likeness (QED) is 0.901. The first-order valence-corrected chi connectivity index (χ1v) is 9.02. The molecule has 134 valence electrons. The summed E-state index contributed by atoms with van der Waals surface area (Å²) in [5, 5.41) is 15.3. The molecule has 2 fully saturated rings. The van der Waals surface area contributed by atoms with Crippen LogP contribution in [0.15, 0.2) is 12.1 Å². The Labute approximate surface area is 147 Å². The van der Waals surface area contributed by atoms with E-state index in [1.54, 1.807) is 15.5 Å². The zero-order valence-electron chi connectivity index (χ0n) is 14.9. The van der Waals surface area contributed by atoms with Crippen molar-refractivity contribution < 1.29 is 9.90 Å². The molecule has 4 rings (SSSR count). The Morgan fingerprint density at radius 2 is 2.00 bits per heavy atom. The van der Waals surface area contributed by atoms with Gasteiger partial charge in [-0.1, -0.05) is 0 Å². The minimum atomic E-state index is -0.802. The molecule has 0 bridgehead atoms. The topological polar surface area (TPSA) is 74.0 Å². The van der Waals surface area contributed by atoms with Crippen LogP contribution in [0.1, 0.15) is 41.1 Å². The number of likely N-dealkylation sites (tertiary alicyclic amines) is 2. The van der Waals surface area contributed by atoms with Gasteiger partial charge in [-0.3, -0.25) is 4.79 Å². The van der Waals surface area contributed by atoms with Crippen molar-refractivity contribution in [1.82, 2.24) is 24.4 Å². The molecule has 0 radical (unpaired) electrons. The summed E-state index contributed by atoms with van der Waals surface area (Å²) in [5.74, 6) is -0.125. The maximum absolute atomic E-state index is 12.8. The Balaban J connectivity index is 1.50. The number of carbonyl (C=O) groups excluding carboxylic acids is 1. The molecule has 1 amide bonds. The van der Waals surface area contributed by atoms with Crippen molar-refractivity contribution in [2.75, 3.05) is 32.7 Å². The largest absolute Gasteiger partial charge is 0.387 e. The van der Waals surface area contributed by atoms with Gasteiger partial charge in [0, 0.05) is 30.5 Å². The van der Waals surface area contributed by atoms with Gasteiger partial charge < -0.3 is 14.9 Å². The van der Waals surface area contributed by atoms with Gasteiger partial charge in [0.25, 0.3) is 5.91 Å². The zero-order chi connectivity index (χ0) is 17.6. The van der Waals surface area contributed by atoms with Gasteiger partial charge in [-0.15, -0.1) is 0 Å². The molecule has 2 aromatic heterocycles. The van der Waals surface area contributed by atoms with E-state index in [-0.39, 0.29) is 5.91 Å². The van der Waals surface area contributed by atoms with Crippen molar-refractivity contribution in [1.29, 1.82) is 0 Å². The summed E-state index contributed by atoms with van der Waals surface area (Å²) in [4.78, 5) is 21.3. The van der Waals surface area contributed by atoms with E-state index in [1.807, 2.05) is 19.9 Å². The number of nitrogens with zero attached hydrogens (tertiary/aromatic N) is 5. The number of fused-ring (bicyclic) bond motifs is 1. The van der Waals surface area contributed by atoms with Gasteiger partial charge in [-0.05, 0) is 52.3 Å². The highest BCUT2D eigenvalue weighted by atomic mass is 16.3. The van der Waals surface area contributed by atoms with Gasteiger partial charge in [0.1, 0.15) is 0 Å². The molecule has 0 saturated carbocycles. The molecule has 1 N–H and O–H groups in total. The molecule has 0 aliphatic carbocycles. The minimum Gasteiger partial charge on any atom is -0.387 e. The van der Waals surface area contributed by atoms with E-state index in [0.29, 0.717) is 37.4 Å². The summed E-state index contributed by atoms with van der Waals surface area (Å²) >= 11 is 0. The van der Waals surface area contributed by atoms with Crippen LogP contribution < -0.4 is 0 Å². The monoisotopic (exact) mass is 343 g/mol. The second kappa shape index (κ2) is 6.07. The molecule has 0 spiro atoms. The SMILES string of the molecule is Cc1cc(C)n2nc(C(=O)N3CC[C@](O)(CN4CCCC4)C3)cc2n1. The first kappa shape index (κ1) is 16.5. The van der Waals surface area contributed by atoms with Gasteiger partial charge >= 0.3 is 0 Å². The molecule has 1 atom stereocenters. The van der Waals surface area contributed by atoms with Gasteiger partial charge in [0.05, 0.1) is 12.1 Å². The predicted molar refractivity (Wildman–Crippen MR) is 93.6 cm³/mol. The fourth-order valence-corrected chi connectivity index (χ4v) is 4.07. The van der Waals surface area contributed by atoms with Crippen molar-refractivity contribution in [3.63, 3.8) is 0 Å². The molecule has 2 aliphatic rings. The van der Waals surface area contributed by atoms with Crippen molar-refractivity contribution >= 4 is 11.6 Å². The molecule has 7 nitrogen and oxygen atoms in total. The second-order valence-electron chi connectivity index (χ2n) is 7.52. The predicted octanol–water partition coefficient (Wildman–Crippen LogP) is 1.02. The van der Waals surface area contributed by atoms with Crippen LogP contribution in [0, 0.1) is 13.8 Å². The zero-order valence-corrected chi connectivity index (χ0v) is 14.9. The molecule has 0 aromatic carbocycles. The van der Waals surface area contributed by atoms with Gasteiger partial charge in [0.15, 0.2) is 11.3 Å². The number of hydrogen-bond donors (Lipinski definition) is 1. The van der Waals surface area contributed by atoms with E-state index in [4.69, 9.17) is 0 Å². The standard InChI is InChI=1S/C18H25N5O2/c1-13-9-14(2)23-16(19-13)10-15(20-23)17(24)22-8-5-18(25,12-22)11-21-6-3-4-7-21/h9-10,25H,3-8,11-12H2,1-2H3/t18-/m0/s1. The van der Waals surface area contributed by atoms with Crippen LogP contribution in [-0.4, -0.2) is 73.7 Å². The number of aliphatic hydroxyl groups is 1. The van der Waals surface area contributed by atoms with Crippen molar-refractivity contribution in [2.24, 2.45) is 0 Å². The first-order chi connectivity index (χ1) is 11.9. The highest BCUT2D eigenvalue weighted by molar-refractivity contribution is 5.93. The lowest BCUT2D eigenvalue weighted by atomic mass is 10.0. The molecule has 7 heteroatoms. The normalized spacial score (nSPS) is 24.5. The van der Waals surface area contributed by atoms with Gasteiger partial charge in [-0.25, -0.2) is 9.50 Å². The second-order valence-corrected chi connectivity index (χ2v) is 7.52. The lowest BCUT2D eigenvalue weighted by molar-refractivity contribution is 0.0175. The third-order valence-corrected chi connectivity index (χ3v) is 5.29.